The van der Waals surface area contributed by atoms with Gasteiger partial charge in [0.2, 0.25) is 0 Å². The Hall–Kier alpha value is -1.03. The molecule has 0 atom stereocenters. The summed E-state index contributed by atoms with van der Waals surface area (Å²) >= 11 is 3.21. The van der Waals surface area contributed by atoms with Crippen LogP contribution in [0.25, 0.3) is 0 Å². The van der Waals surface area contributed by atoms with Gasteiger partial charge in [0.1, 0.15) is 5.75 Å². The Morgan fingerprint density at radius 2 is 2.15 bits per heavy atom. The normalized spacial score (nSPS) is 9.77. The number of rotatable bonds is 2. The molecule has 1 N–H and O–H groups in total. The zero-order valence-corrected chi connectivity index (χ0v) is 8.88. The molecule has 0 aliphatic carbocycles. The van der Waals surface area contributed by atoms with E-state index in [1.54, 1.807) is 6.07 Å². The van der Waals surface area contributed by atoms with Gasteiger partial charge in [0, 0.05) is 4.47 Å². The van der Waals surface area contributed by atoms with Crippen molar-refractivity contribution in [3.63, 3.8) is 0 Å². The zero-order chi connectivity index (χ0) is 10.0. The van der Waals surface area contributed by atoms with Crippen LogP contribution in [0.2, 0.25) is 0 Å². The predicted octanol–water partition coefficient (Wildman–Crippen LogP) is 2.46. The topological polar surface area (TPSA) is 46.5 Å². The van der Waals surface area contributed by atoms with Crippen molar-refractivity contribution in [3.8, 4) is 5.75 Å². The summed E-state index contributed by atoms with van der Waals surface area (Å²) < 4.78 is 5.55. The highest BCUT2D eigenvalue weighted by Crippen LogP contribution is 2.26. The molecule has 1 aromatic rings. The molecule has 0 fully saturated rings. The minimum atomic E-state index is -0.964. The Balaban J connectivity index is 3.33. The number of aromatic carboxylic acids is 1. The van der Waals surface area contributed by atoms with Gasteiger partial charge in [0.25, 0.3) is 0 Å². The maximum Gasteiger partial charge on any atom is 0.336 e. The average Bonchev–Trinajstić information content (AvgIpc) is 2.09. The highest BCUT2D eigenvalue weighted by Gasteiger charge is 2.11. The number of halogens is 1. The zero-order valence-electron chi connectivity index (χ0n) is 7.30. The van der Waals surface area contributed by atoms with Gasteiger partial charge in [-0.1, -0.05) is 0 Å². The minimum Gasteiger partial charge on any atom is -0.497 e. The summed E-state index contributed by atoms with van der Waals surface area (Å²) in [6.07, 6.45) is 0. The highest BCUT2D eigenvalue weighted by molar-refractivity contribution is 9.10. The van der Waals surface area contributed by atoms with Gasteiger partial charge in [-0.3, -0.25) is 0 Å². The Kier molecular flexibility index (Phi) is 2.93. The Bertz CT molecular complexity index is 347. The Morgan fingerprint density at radius 3 is 2.62 bits per heavy atom. The van der Waals surface area contributed by atoms with Gasteiger partial charge in [-0.05, 0) is 40.5 Å². The summed E-state index contributed by atoms with van der Waals surface area (Å²) in [5.41, 5.74) is 1.06. The smallest absolute Gasteiger partial charge is 0.336 e. The monoisotopic (exact) mass is 244 g/mol. The fourth-order valence-corrected chi connectivity index (χ4v) is 1.41. The van der Waals surface area contributed by atoms with Crippen LogP contribution in [0.4, 0.5) is 0 Å². The van der Waals surface area contributed by atoms with Gasteiger partial charge in [0.15, 0.2) is 0 Å². The van der Waals surface area contributed by atoms with E-state index >= 15 is 0 Å². The second kappa shape index (κ2) is 3.79. The number of carbonyl (C=O) groups is 1. The van der Waals surface area contributed by atoms with Crippen molar-refractivity contribution < 1.29 is 14.6 Å². The van der Waals surface area contributed by atoms with Crippen LogP contribution in [-0.2, 0) is 0 Å². The van der Waals surface area contributed by atoms with Gasteiger partial charge in [-0.2, -0.15) is 0 Å². The molecule has 13 heavy (non-hydrogen) atoms. The third-order valence-electron chi connectivity index (χ3n) is 1.69. The maximum absolute atomic E-state index is 10.8. The van der Waals surface area contributed by atoms with Crippen LogP contribution in [0.15, 0.2) is 16.6 Å². The number of carboxylic acid groups (broad SMARTS) is 1. The summed E-state index contributed by atoms with van der Waals surface area (Å²) in [7, 11) is 1.51. The first kappa shape index (κ1) is 10.1. The summed E-state index contributed by atoms with van der Waals surface area (Å²) in [6, 6.07) is 3.26. The number of hydrogen-bond donors (Lipinski definition) is 1. The first-order valence-electron chi connectivity index (χ1n) is 3.63. The van der Waals surface area contributed by atoms with Crippen molar-refractivity contribution in [2.75, 3.05) is 7.11 Å². The van der Waals surface area contributed by atoms with Gasteiger partial charge >= 0.3 is 5.97 Å². The fraction of sp³-hybridized carbons (Fsp3) is 0.222. The van der Waals surface area contributed by atoms with Crippen LogP contribution in [0, 0.1) is 6.92 Å². The van der Waals surface area contributed by atoms with Gasteiger partial charge < -0.3 is 9.84 Å². The van der Waals surface area contributed by atoms with E-state index in [4.69, 9.17) is 9.84 Å². The second-order valence-corrected chi connectivity index (χ2v) is 3.40. The van der Waals surface area contributed by atoms with E-state index in [1.165, 1.54) is 13.2 Å². The van der Waals surface area contributed by atoms with Crippen LogP contribution in [0.1, 0.15) is 15.9 Å². The molecule has 0 aliphatic heterocycles. The number of carboxylic acids is 1. The molecule has 0 aromatic heterocycles. The van der Waals surface area contributed by atoms with E-state index in [1.807, 2.05) is 6.92 Å². The van der Waals surface area contributed by atoms with Crippen molar-refractivity contribution in [2.24, 2.45) is 0 Å². The quantitative estimate of drug-likeness (QED) is 0.870. The largest absolute Gasteiger partial charge is 0.497 e. The van der Waals surface area contributed by atoms with Crippen LogP contribution < -0.4 is 4.74 Å². The molecular formula is C9H9BrO3. The van der Waals surface area contributed by atoms with E-state index in [2.05, 4.69) is 15.9 Å². The van der Waals surface area contributed by atoms with Gasteiger partial charge in [-0.15, -0.1) is 0 Å². The molecule has 1 rings (SSSR count). The Labute approximate surface area is 84.5 Å². The first-order valence-corrected chi connectivity index (χ1v) is 4.43. The fourth-order valence-electron chi connectivity index (χ4n) is 1.01. The third kappa shape index (κ3) is 2.01. The molecular weight excluding hydrogens is 236 g/mol. The van der Waals surface area contributed by atoms with Gasteiger partial charge in [-0.25, -0.2) is 4.79 Å². The van der Waals surface area contributed by atoms with E-state index in [0.717, 1.165) is 5.56 Å². The van der Waals surface area contributed by atoms with E-state index in [9.17, 15) is 4.79 Å². The molecule has 0 unspecified atom stereocenters. The second-order valence-electron chi connectivity index (χ2n) is 2.61. The summed E-state index contributed by atoms with van der Waals surface area (Å²) in [6.45, 7) is 1.82. The number of ether oxygens (including phenoxy) is 1. The Morgan fingerprint density at radius 1 is 1.54 bits per heavy atom. The molecule has 0 radical (unpaired) electrons. The van der Waals surface area contributed by atoms with Gasteiger partial charge in [0.05, 0.1) is 12.7 Å². The molecule has 0 amide bonds. The summed E-state index contributed by atoms with van der Waals surface area (Å²) in [5, 5.41) is 8.82. The van der Waals surface area contributed by atoms with E-state index in [0.29, 0.717) is 10.2 Å². The van der Waals surface area contributed by atoms with Crippen molar-refractivity contribution in [3.05, 3.63) is 27.7 Å². The summed E-state index contributed by atoms with van der Waals surface area (Å²) in [5.74, 6) is -0.410. The maximum atomic E-state index is 10.8. The van der Waals surface area contributed by atoms with Crippen molar-refractivity contribution >= 4 is 21.9 Å². The van der Waals surface area contributed by atoms with Crippen LogP contribution >= 0.6 is 15.9 Å². The van der Waals surface area contributed by atoms with Crippen LogP contribution in [0.5, 0.6) is 5.75 Å². The molecule has 3 nitrogen and oxygen atoms in total. The molecule has 1 aromatic carbocycles. The predicted molar refractivity (Wildman–Crippen MR) is 52.4 cm³/mol. The van der Waals surface area contributed by atoms with Crippen molar-refractivity contribution in [1.29, 1.82) is 0 Å². The SMILES string of the molecule is COc1cc(C)c(Br)c(C(=O)O)c1. The van der Waals surface area contributed by atoms with Crippen LogP contribution in [-0.4, -0.2) is 18.2 Å². The molecule has 4 heteroatoms. The lowest BCUT2D eigenvalue weighted by Crippen LogP contribution is -2.00. The molecule has 0 spiro atoms. The molecule has 0 aliphatic rings. The highest BCUT2D eigenvalue weighted by atomic mass is 79.9. The summed E-state index contributed by atoms with van der Waals surface area (Å²) in [4.78, 5) is 10.8. The van der Waals surface area contributed by atoms with Crippen molar-refractivity contribution in [2.45, 2.75) is 6.92 Å². The van der Waals surface area contributed by atoms with Crippen LogP contribution in [0.3, 0.4) is 0 Å². The molecule has 70 valence electrons. The standard InChI is InChI=1S/C9H9BrO3/c1-5-3-6(13-2)4-7(8(5)10)9(11)12/h3-4H,1-2H3,(H,11,12). The lowest BCUT2D eigenvalue weighted by Gasteiger charge is -2.06. The lowest BCUT2D eigenvalue weighted by atomic mass is 10.1. The average molecular weight is 245 g/mol. The van der Waals surface area contributed by atoms with Crippen molar-refractivity contribution in [1.82, 2.24) is 0 Å². The minimum absolute atomic E-state index is 0.219. The number of hydrogen-bond acceptors (Lipinski definition) is 2. The number of benzene rings is 1. The molecule has 0 saturated carbocycles. The molecule has 0 saturated heterocycles. The lowest BCUT2D eigenvalue weighted by molar-refractivity contribution is 0.0695. The number of aryl methyl sites for hydroxylation is 1. The number of methoxy groups -OCH3 is 1. The van der Waals surface area contributed by atoms with E-state index in [-0.39, 0.29) is 5.56 Å². The molecule has 0 bridgehead atoms. The van der Waals surface area contributed by atoms with E-state index < -0.39 is 5.97 Å². The molecule has 0 heterocycles. The third-order valence-corrected chi connectivity index (χ3v) is 2.75. The first-order chi connectivity index (χ1) is 6.06.